The van der Waals surface area contributed by atoms with Gasteiger partial charge in [-0.15, -0.1) is 0 Å². The number of ether oxygens (including phenoxy) is 1. The highest BCUT2D eigenvalue weighted by molar-refractivity contribution is 6.30. The molecule has 1 saturated heterocycles. The van der Waals surface area contributed by atoms with Crippen molar-refractivity contribution < 1.29 is 22.1 Å². The smallest absolute Gasteiger partial charge is 0.368 e. The van der Waals surface area contributed by atoms with Crippen LogP contribution < -0.4 is 11.4 Å². The van der Waals surface area contributed by atoms with Gasteiger partial charge < -0.3 is 20.7 Å². The van der Waals surface area contributed by atoms with Crippen LogP contribution in [0.2, 0.25) is 0 Å². The molecule has 0 radical (unpaired) electrons. The fraction of sp³-hybridized carbons (Fsp3) is 0.500. The van der Waals surface area contributed by atoms with Crippen molar-refractivity contribution >= 4 is 17.4 Å². The Morgan fingerprint density at radius 3 is 3.05 bits per heavy atom. The summed E-state index contributed by atoms with van der Waals surface area (Å²) < 4.78 is 34.6. The van der Waals surface area contributed by atoms with E-state index >= 15 is 0 Å². The molecule has 0 aliphatic carbocycles. The van der Waals surface area contributed by atoms with E-state index < -0.39 is 36.4 Å². The summed E-state index contributed by atoms with van der Waals surface area (Å²) in [5.41, 5.74) is 1.14. The van der Waals surface area contributed by atoms with Gasteiger partial charge in [-0.1, -0.05) is 0 Å². The molecule has 0 spiro atoms. The van der Waals surface area contributed by atoms with Crippen LogP contribution in [0, 0.1) is 11.3 Å². The Kier molecular flexibility index (Phi) is 3.21. The average molecular weight is 307 g/mol. The third-order valence-electron chi connectivity index (χ3n) is 2.68. The van der Waals surface area contributed by atoms with Crippen LogP contribution in [0.15, 0.2) is 11.0 Å². The van der Waals surface area contributed by atoms with Crippen molar-refractivity contribution in [1.82, 2.24) is 14.8 Å². The first-order valence-electron chi connectivity index (χ1n) is 6.20. The molecule has 1 aromatic rings. The highest BCUT2D eigenvalue weighted by Crippen LogP contribution is 2.40. The molecule has 1 aliphatic rings. The molecule has 1 unspecified atom stereocenters. The van der Waals surface area contributed by atoms with Gasteiger partial charge in [-0.3, -0.25) is 0 Å². The summed E-state index contributed by atoms with van der Waals surface area (Å²) in [7, 11) is 0. The predicted molar refractivity (Wildman–Crippen MR) is 65.2 cm³/mol. The number of nitrogens with two attached hydrogens (primary N) is 1. The first-order valence-corrected chi connectivity index (χ1v) is 5.58. The van der Waals surface area contributed by atoms with E-state index in [0.717, 1.165) is 6.20 Å². The standard InChI is InChI=1S/C10H10ClFN4O4/c11-2-1-10(12)7(18)5(4-17)20-8(10)16-9(19)15-6(13)3-14-16/h3,5,7-8,17-18H,4H2,(H2,13,15,19)/t5-,7+,8-,10?/m1/s1/i4D2. The molecule has 0 amide bonds. The SMILES string of the molecule is [2H]C([2H])(O)[C@H]1O[C@@H](n2ncc(N)nc2=O)C(F)(C#CCl)[C@H]1O. The number of nitrogens with zero attached hydrogens (tertiary/aromatic N) is 3. The molecular formula is C10H10ClFN4O4. The minimum atomic E-state index is -3.11. The Labute approximate surface area is 119 Å². The summed E-state index contributed by atoms with van der Waals surface area (Å²) in [6.07, 6.45) is -5.34. The molecule has 4 atom stereocenters. The minimum Gasteiger partial charge on any atom is -0.394 e. The number of anilines is 1. The lowest BCUT2D eigenvalue weighted by Gasteiger charge is -2.22. The van der Waals surface area contributed by atoms with Crippen molar-refractivity contribution in [2.24, 2.45) is 0 Å². The molecule has 0 saturated carbocycles. The third kappa shape index (κ3) is 2.23. The molecule has 2 heterocycles. The fourth-order valence-corrected chi connectivity index (χ4v) is 1.89. The molecular weight excluding hydrogens is 295 g/mol. The Hall–Kier alpha value is -1.73. The van der Waals surface area contributed by atoms with Crippen LogP contribution in [0.3, 0.4) is 0 Å². The molecule has 20 heavy (non-hydrogen) atoms. The maximum atomic E-state index is 14.9. The lowest BCUT2D eigenvalue weighted by atomic mass is 9.97. The quantitative estimate of drug-likeness (QED) is 0.561. The number of rotatable bonds is 2. The van der Waals surface area contributed by atoms with Crippen molar-refractivity contribution in [3.05, 3.63) is 16.7 Å². The van der Waals surface area contributed by atoms with Gasteiger partial charge in [0.05, 0.1) is 15.5 Å². The number of hydrogen-bond acceptors (Lipinski definition) is 7. The number of hydrogen-bond donors (Lipinski definition) is 3. The molecule has 1 aromatic heterocycles. The molecule has 2 rings (SSSR count). The van der Waals surface area contributed by atoms with Crippen molar-refractivity contribution in [3.63, 3.8) is 0 Å². The monoisotopic (exact) mass is 306 g/mol. The Morgan fingerprint density at radius 2 is 2.50 bits per heavy atom. The van der Waals surface area contributed by atoms with E-state index in [-0.39, 0.29) is 5.82 Å². The van der Waals surface area contributed by atoms with E-state index in [2.05, 4.69) is 10.1 Å². The number of alkyl halides is 1. The molecule has 108 valence electrons. The molecule has 0 aromatic carbocycles. The number of nitrogen functional groups attached to an aromatic ring is 1. The van der Waals surface area contributed by atoms with Gasteiger partial charge in [-0.25, -0.2) is 9.18 Å². The van der Waals surface area contributed by atoms with E-state index in [1.807, 2.05) is 0 Å². The summed E-state index contributed by atoms with van der Waals surface area (Å²) in [6.45, 7) is -3.11. The number of halogens is 2. The minimum absolute atomic E-state index is 0.235. The van der Waals surface area contributed by atoms with Crippen LogP contribution >= 0.6 is 11.6 Å². The number of aliphatic hydroxyl groups excluding tert-OH is 1. The lowest BCUT2D eigenvalue weighted by molar-refractivity contribution is -0.0610. The normalized spacial score (nSPS) is 34.9. The molecule has 8 nitrogen and oxygen atoms in total. The zero-order valence-corrected chi connectivity index (χ0v) is 10.5. The summed E-state index contributed by atoms with van der Waals surface area (Å²) >= 11 is 5.15. The van der Waals surface area contributed by atoms with Gasteiger partial charge in [0.2, 0.25) is 11.9 Å². The zero-order valence-electron chi connectivity index (χ0n) is 11.7. The van der Waals surface area contributed by atoms with Gasteiger partial charge >= 0.3 is 5.69 Å². The highest BCUT2D eigenvalue weighted by Gasteiger charge is 2.58. The second kappa shape index (κ2) is 5.34. The Balaban J connectivity index is 2.57. The number of aliphatic hydroxyl groups is 2. The van der Waals surface area contributed by atoms with Gasteiger partial charge in [0.1, 0.15) is 18.0 Å². The molecule has 10 heteroatoms. The van der Waals surface area contributed by atoms with E-state index in [4.69, 9.17) is 24.8 Å². The lowest BCUT2D eigenvalue weighted by Crippen LogP contribution is -2.45. The van der Waals surface area contributed by atoms with Crippen molar-refractivity contribution in [3.8, 4) is 11.3 Å². The first-order chi connectivity index (χ1) is 10.1. The first kappa shape index (κ1) is 12.0. The molecule has 1 fully saturated rings. The van der Waals surface area contributed by atoms with E-state index in [1.54, 1.807) is 11.3 Å². The maximum Gasteiger partial charge on any atom is 0.368 e. The van der Waals surface area contributed by atoms with Crippen molar-refractivity contribution in [1.29, 1.82) is 0 Å². The zero-order chi connectivity index (χ0) is 16.7. The molecule has 0 bridgehead atoms. The van der Waals surface area contributed by atoms with Gasteiger partial charge in [-0.05, 0) is 17.5 Å². The summed E-state index contributed by atoms with van der Waals surface area (Å²) in [5, 5.41) is 24.4. The van der Waals surface area contributed by atoms with E-state index in [1.165, 1.54) is 0 Å². The Morgan fingerprint density at radius 1 is 1.80 bits per heavy atom. The van der Waals surface area contributed by atoms with Crippen molar-refractivity contribution in [2.45, 2.75) is 24.1 Å². The second-order valence-electron chi connectivity index (χ2n) is 3.88. The Bertz CT molecular complexity index is 703. The van der Waals surface area contributed by atoms with Crippen LogP contribution in [-0.2, 0) is 4.74 Å². The predicted octanol–water partition coefficient (Wildman–Crippen LogP) is -1.62. The van der Waals surface area contributed by atoms with Crippen LogP contribution in [0.25, 0.3) is 0 Å². The number of aromatic nitrogens is 3. The fourth-order valence-electron chi connectivity index (χ4n) is 1.75. The van der Waals surface area contributed by atoms with Crippen LogP contribution in [-0.4, -0.2) is 49.4 Å². The van der Waals surface area contributed by atoms with Gasteiger partial charge in [0, 0.05) is 5.38 Å². The van der Waals surface area contributed by atoms with E-state index in [9.17, 15) is 19.4 Å². The second-order valence-corrected chi connectivity index (χ2v) is 4.07. The molecule has 4 N–H and O–H groups in total. The van der Waals surface area contributed by atoms with Gasteiger partial charge in [-0.2, -0.15) is 14.8 Å². The van der Waals surface area contributed by atoms with Crippen LogP contribution in [0.5, 0.6) is 0 Å². The summed E-state index contributed by atoms with van der Waals surface area (Å²) in [4.78, 5) is 15.0. The molecule has 1 aliphatic heterocycles. The summed E-state index contributed by atoms with van der Waals surface area (Å²) in [5.74, 6) is 1.57. The van der Waals surface area contributed by atoms with Crippen molar-refractivity contribution in [2.75, 3.05) is 12.3 Å². The van der Waals surface area contributed by atoms with E-state index in [0.29, 0.717) is 4.68 Å². The van der Waals surface area contributed by atoms with Gasteiger partial charge in [0.15, 0.2) is 0 Å². The van der Waals surface area contributed by atoms with Crippen LogP contribution in [0.1, 0.15) is 8.97 Å². The topological polar surface area (TPSA) is 123 Å². The van der Waals surface area contributed by atoms with Gasteiger partial charge in [0.25, 0.3) is 0 Å². The van der Waals surface area contributed by atoms with Crippen LogP contribution in [0.4, 0.5) is 10.2 Å². The maximum absolute atomic E-state index is 14.9. The third-order valence-corrected chi connectivity index (χ3v) is 2.77. The highest BCUT2D eigenvalue weighted by atomic mass is 35.5. The largest absolute Gasteiger partial charge is 0.394 e. The average Bonchev–Trinajstić information content (AvgIpc) is 2.63. The summed E-state index contributed by atoms with van der Waals surface area (Å²) in [6, 6.07) is 0.